The van der Waals surface area contributed by atoms with Crippen LogP contribution in [0.15, 0.2) is 18.2 Å². The molecule has 1 saturated carbocycles. The van der Waals surface area contributed by atoms with E-state index >= 15 is 0 Å². The maximum Gasteiger partial charge on any atom is 0.310 e. The first-order valence-corrected chi connectivity index (χ1v) is 7.16. The van der Waals surface area contributed by atoms with Crippen molar-refractivity contribution in [2.24, 2.45) is 5.92 Å². The Balaban J connectivity index is 2.22. The maximum atomic E-state index is 13.9. The van der Waals surface area contributed by atoms with E-state index < -0.39 is 23.6 Å². The van der Waals surface area contributed by atoms with Crippen LogP contribution in [0.3, 0.4) is 0 Å². The van der Waals surface area contributed by atoms with Gasteiger partial charge in [0.1, 0.15) is 5.82 Å². The Morgan fingerprint density at radius 2 is 2.14 bits per heavy atom. The second-order valence-electron chi connectivity index (χ2n) is 5.21. The molecule has 4 nitrogen and oxygen atoms in total. The lowest BCUT2D eigenvalue weighted by Crippen LogP contribution is -2.39. The molecule has 0 saturated heterocycles. The van der Waals surface area contributed by atoms with Crippen molar-refractivity contribution in [3.05, 3.63) is 34.6 Å². The van der Waals surface area contributed by atoms with E-state index in [0.717, 1.165) is 12.8 Å². The van der Waals surface area contributed by atoms with E-state index in [1.807, 2.05) is 0 Å². The Labute approximate surface area is 127 Å². The quantitative estimate of drug-likeness (QED) is 0.785. The lowest BCUT2D eigenvalue weighted by molar-refractivity contribution is -0.145. The first-order chi connectivity index (χ1) is 9.95. The summed E-state index contributed by atoms with van der Waals surface area (Å²) in [5.74, 6) is -1.99. The van der Waals surface area contributed by atoms with Crippen LogP contribution in [0.2, 0.25) is 5.02 Å². The molecule has 1 fully saturated rings. The molecule has 0 aliphatic heterocycles. The molecule has 0 N–H and O–H groups in total. The molecular weight excluding hydrogens is 297 g/mol. The second kappa shape index (κ2) is 6.43. The maximum absolute atomic E-state index is 13.9. The molecular formula is C15H17ClFNO3. The van der Waals surface area contributed by atoms with E-state index in [-0.39, 0.29) is 23.2 Å². The molecule has 1 aliphatic rings. The van der Waals surface area contributed by atoms with Crippen LogP contribution in [0.1, 0.15) is 30.1 Å². The number of halogens is 2. The fraction of sp³-hybridized carbons (Fsp3) is 0.467. The molecule has 21 heavy (non-hydrogen) atoms. The predicted octanol–water partition coefficient (Wildman–Crippen LogP) is 2.89. The Morgan fingerprint density at radius 3 is 2.67 bits per heavy atom. The summed E-state index contributed by atoms with van der Waals surface area (Å²) in [6.45, 7) is 1.87. The largest absolute Gasteiger partial charge is 0.469 e. The zero-order valence-corrected chi connectivity index (χ0v) is 12.7. The number of hydrogen-bond donors (Lipinski definition) is 0. The molecule has 1 atom stereocenters. The number of benzene rings is 1. The summed E-state index contributed by atoms with van der Waals surface area (Å²) in [7, 11) is 1.30. The van der Waals surface area contributed by atoms with Crippen molar-refractivity contribution in [2.45, 2.75) is 25.8 Å². The molecule has 1 aromatic rings. The predicted molar refractivity (Wildman–Crippen MR) is 76.6 cm³/mol. The number of hydrogen-bond acceptors (Lipinski definition) is 3. The molecule has 1 aromatic carbocycles. The van der Waals surface area contributed by atoms with Gasteiger partial charge in [0.2, 0.25) is 0 Å². The summed E-state index contributed by atoms with van der Waals surface area (Å²) in [6.07, 6.45) is 1.71. The summed E-state index contributed by atoms with van der Waals surface area (Å²) in [5.41, 5.74) is -0.136. The highest BCUT2D eigenvalue weighted by atomic mass is 35.5. The highest BCUT2D eigenvalue weighted by Crippen LogP contribution is 2.31. The molecule has 0 heterocycles. The van der Waals surface area contributed by atoms with Crippen LogP contribution in [0, 0.1) is 11.7 Å². The van der Waals surface area contributed by atoms with Gasteiger partial charge in [0, 0.05) is 12.6 Å². The van der Waals surface area contributed by atoms with Crippen molar-refractivity contribution in [3.8, 4) is 0 Å². The molecule has 1 amide bonds. The molecule has 0 radical (unpaired) electrons. The molecule has 0 aromatic heterocycles. The second-order valence-corrected chi connectivity index (χ2v) is 5.62. The van der Waals surface area contributed by atoms with Crippen molar-refractivity contribution in [1.29, 1.82) is 0 Å². The topological polar surface area (TPSA) is 46.6 Å². The number of carbonyl (C=O) groups is 2. The van der Waals surface area contributed by atoms with E-state index in [1.54, 1.807) is 6.92 Å². The van der Waals surface area contributed by atoms with Gasteiger partial charge in [-0.1, -0.05) is 24.6 Å². The monoisotopic (exact) mass is 313 g/mol. The number of methoxy groups -OCH3 is 1. The van der Waals surface area contributed by atoms with Crippen molar-refractivity contribution in [1.82, 2.24) is 4.90 Å². The van der Waals surface area contributed by atoms with Gasteiger partial charge in [0.05, 0.1) is 23.6 Å². The van der Waals surface area contributed by atoms with Gasteiger partial charge < -0.3 is 9.64 Å². The average molecular weight is 314 g/mol. The normalized spacial score (nSPS) is 15.4. The van der Waals surface area contributed by atoms with Gasteiger partial charge >= 0.3 is 5.97 Å². The molecule has 1 unspecified atom stereocenters. The van der Waals surface area contributed by atoms with Gasteiger partial charge in [-0.05, 0) is 25.0 Å². The zero-order valence-electron chi connectivity index (χ0n) is 11.9. The average Bonchev–Trinajstić information content (AvgIpc) is 3.27. The Hall–Kier alpha value is -1.62. The van der Waals surface area contributed by atoms with Crippen LogP contribution in [0.5, 0.6) is 0 Å². The van der Waals surface area contributed by atoms with E-state index in [1.165, 1.54) is 30.2 Å². The number of rotatable bonds is 5. The van der Waals surface area contributed by atoms with Gasteiger partial charge in [-0.2, -0.15) is 0 Å². The highest BCUT2D eigenvalue weighted by molar-refractivity contribution is 6.33. The van der Waals surface area contributed by atoms with E-state index in [9.17, 15) is 14.0 Å². The number of esters is 1. The number of carbonyl (C=O) groups excluding carboxylic acids is 2. The van der Waals surface area contributed by atoms with E-state index in [4.69, 9.17) is 11.6 Å². The minimum Gasteiger partial charge on any atom is -0.469 e. The van der Waals surface area contributed by atoms with Crippen molar-refractivity contribution in [2.75, 3.05) is 13.7 Å². The first kappa shape index (κ1) is 15.8. The summed E-state index contributed by atoms with van der Waals surface area (Å²) in [5, 5.41) is 0.0800. The molecule has 2 rings (SSSR count). The molecule has 6 heteroatoms. The van der Waals surface area contributed by atoms with Gasteiger partial charge in [0.15, 0.2) is 0 Å². The van der Waals surface area contributed by atoms with Crippen molar-refractivity contribution in [3.63, 3.8) is 0 Å². The summed E-state index contributed by atoms with van der Waals surface area (Å²) in [6, 6.07) is 4.17. The standard InChI is InChI=1S/C15H17ClFNO3/c1-9(15(20)21-2)8-18(10-6-7-10)14(19)13-11(16)4-3-5-12(13)17/h3-5,9-10H,6-8H2,1-2H3. The third-order valence-electron chi connectivity index (χ3n) is 3.50. The highest BCUT2D eigenvalue weighted by Gasteiger charge is 2.36. The molecule has 0 bridgehead atoms. The zero-order chi connectivity index (χ0) is 15.6. The third kappa shape index (κ3) is 3.53. The Bertz CT molecular complexity index is 540. The minimum atomic E-state index is -0.649. The van der Waals surface area contributed by atoms with Crippen LogP contribution in [0.4, 0.5) is 4.39 Å². The summed E-state index contributed by atoms with van der Waals surface area (Å²) < 4.78 is 18.6. The molecule has 0 spiro atoms. The van der Waals surface area contributed by atoms with Crippen LogP contribution in [-0.2, 0) is 9.53 Å². The SMILES string of the molecule is COC(=O)C(C)CN(C(=O)c1c(F)cccc1Cl)C1CC1. The van der Waals surface area contributed by atoms with Crippen molar-refractivity contribution >= 4 is 23.5 Å². The summed E-state index contributed by atoms with van der Waals surface area (Å²) >= 11 is 5.94. The Kier molecular flexibility index (Phi) is 4.83. The number of amides is 1. The van der Waals surface area contributed by atoms with Crippen LogP contribution in [-0.4, -0.2) is 36.5 Å². The van der Waals surface area contributed by atoms with Crippen LogP contribution in [0.25, 0.3) is 0 Å². The number of nitrogens with zero attached hydrogens (tertiary/aromatic N) is 1. The van der Waals surface area contributed by atoms with E-state index in [0.29, 0.717) is 0 Å². The first-order valence-electron chi connectivity index (χ1n) is 6.78. The van der Waals surface area contributed by atoms with Gasteiger partial charge in [0.25, 0.3) is 5.91 Å². The van der Waals surface area contributed by atoms with Gasteiger partial charge in [-0.25, -0.2) is 4.39 Å². The third-order valence-corrected chi connectivity index (χ3v) is 3.81. The molecule has 114 valence electrons. The lowest BCUT2D eigenvalue weighted by Gasteiger charge is -2.25. The fourth-order valence-electron chi connectivity index (χ4n) is 2.20. The van der Waals surface area contributed by atoms with Crippen LogP contribution < -0.4 is 0 Å². The fourth-order valence-corrected chi connectivity index (χ4v) is 2.44. The summed E-state index contributed by atoms with van der Waals surface area (Å²) in [4.78, 5) is 25.6. The van der Waals surface area contributed by atoms with E-state index in [2.05, 4.69) is 4.74 Å². The van der Waals surface area contributed by atoms with Crippen molar-refractivity contribution < 1.29 is 18.7 Å². The van der Waals surface area contributed by atoms with Gasteiger partial charge in [-0.3, -0.25) is 9.59 Å². The lowest BCUT2D eigenvalue weighted by atomic mass is 10.1. The minimum absolute atomic E-state index is 0.0419. The Morgan fingerprint density at radius 1 is 1.48 bits per heavy atom. The van der Waals surface area contributed by atoms with Gasteiger partial charge in [-0.15, -0.1) is 0 Å². The number of ether oxygens (including phenoxy) is 1. The molecule has 1 aliphatic carbocycles. The van der Waals surface area contributed by atoms with Crippen LogP contribution >= 0.6 is 11.6 Å². The smallest absolute Gasteiger partial charge is 0.310 e.